The van der Waals surface area contributed by atoms with Gasteiger partial charge < -0.3 is 20.5 Å². The molecular formula is C31H25Cl2N3O5S. The molecule has 2 heterocycles. The molecule has 0 spiro atoms. The van der Waals surface area contributed by atoms with Crippen LogP contribution in [0.1, 0.15) is 24.0 Å². The number of hydrogen-bond acceptors (Lipinski definition) is 7. The van der Waals surface area contributed by atoms with Gasteiger partial charge in [0.2, 0.25) is 0 Å². The van der Waals surface area contributed by atoms with Crippen LogP contribution in [0.25, 0.3) is 17.5 Å². The number of amides is 1. The van der Waals surface area contributed by atoms with Crippen LogP contribution in [0, 0.1) is 0 Å². The Kier molecular flexibility index (Phi) is 8.54. The van der Waals surface area contributed by atoms with Crippen LogP contribution in [0.2, 0.25) is 10.0 Å². The number of nitrogens with zero attached hydrogens (tertiary/aromatic N) is 1. The molecular weight excluding hydrogens is 597 g/mol. The Morgan fingerprint density at radius 1 is 0.976 bits per heavy atom. The van der Waals surface area contributed by atoms with Crippen LogP contribution < -0.4 is 30.5 Å². The lowest BCUT2D eigenvalue weighted by Gasteiger charge is -2.27. The Morgan fingerprint density at radius 2 is 1.60 bits per heavy atom. The van der Waals surface area contributed by atoms with E-state index < -0.39 is 23.4 Å². The van der Waals surface area contributed by atoms with Crippen molar-refractivity contribution in [2.45, 2.75) is 12.8 Å². The van der Waals surface area contributed by atoms with Crippen LogP contribution in [0.3, 0.4) is 0 Å². The molecule has 4 aromatic rings. The third-order valence-electron chi connectivity index (χ3n) is 6.61. The highest BCUT2D eigenvalue weighted by Gasteiger charge is 2.39. The van der Waals surface area contributed by atoms with Gasteiger partial charge in [-0.3, -0.25) is 14.2 Å². The van der Waals surface area contributed by atoms with Gasteiger partial charge in [-0.1, -0.05) is 47.5 Å². The predicted molar refractivity (Wildman–Crippen MR) is 166 cm³/mol. The zero-order chi connectivity index (χ0) is 30.0. The second-order valence-corrected chi connectivity index (χ2v) is 11.1. The van der Waals surface area contributed by atoms with Gasteiger partial charge in [-0.15, -0.1) is 11.3 Å². The van der Waals surface area contributed by atoms with E-state index in [1.54, 1.807) is 92.9 Å². The number of anilines is 1. The topological polar surface area (TPSA) is 113 Å². The summed E-state index contributed by atoms with van der Waals surface area (Å²) in [5, 5.41) is 3.93. The lowest BCUT2D eigenvalue weighted by Crippen LogP contribution is -2.42. The fourth-order valence-electron chi connectivity index (χ4n) is 4.65. The zero-order valence-corrected chi connectivity index (χ0v) is 24.8. The largest absolute Gasteiger partial charge is 0.497 e. The van der Waals surface area contributed by atoms with Crippen LogP contribution in [0.5, 0.6) is 5.75 Å². The molecule has 0 saturated heterocycles. The van der Waals surface area contributed by atoms with E-state index in [9.17, 15) is 14.4 Å². The number of benzene rings is 3. The van der Waals surface area contributed by atoms with E-state index in [1.165, 1.54) is 4.57 Å². The third-order valence-corrected chi connectivity index (χ3v) is 8.22. The van der Waals surface area contributed by atoms with Gasteiger partial charge >= 0.3 is 5.97 Å². The van der Waals surface area contributed by atoms with Crippen LogP contribution in [0.15, 0.2) is 83.2 Å². The molecule has 1 aliphatic heterocycles. The monoisotopic (exact) mass is 621 g/mol. The van der Waals surface area contributed by atoms with Gasteiger partial charge in [-0.2, -0.15) is 0 Å². The summed E-state index contributed by atoms with van der Waals surface area (Å²) in [5.41, 5.74) is 8.02. The molecule has 0 radical (unpaired) electrons. The van der Waals surface area contributed by atoms with Crippen molar-refractivity contribution in [3.8, 4) is 5.75 Å². The number of esters is 1. The first kappa shape index (κ1) is 29.2. The average Bonchev–Trinajstić information content (AvgIpc) is 3.30. The number of nitrogens with two attached hydrogens (primary N) is 1. The minimum Gasteiger partial charge on any atom is -0.497 e. The van der Waals surface area contributed by atoms with Gasteiger partial charge in [-0.05, 0) is 72.7 Å². The number of carbonyl (C=O) groups excluding carboxylic acids is 2. The summed E-state index contributed by atoms with van der Waals surface area (Å²) in [4.78, 5) is 41.3. The number of thiazole rings is 1. The van der Waals surface area contributed by atoms with Gasteiger partial charge in [0.25, 0.3) is 11.5 Å². The smallest absolute Gasteiger partial charge is 0.338 e. The molecule has 11 heteroatoms. The summed E-state index contributed by atoms with van der Waals surface area (Å²) in [6, 6.07) is 20.5. The van der Waals surface area contributed by atoms with Crippen molar-refractivity contribution in [2.24, 2.45) is 5.73 Å². The molecule has 214 valence electrons. The number of halogens is 2. The summed E-state index contributed by atoms with van der Waals surface area (Å²) in [6.07, 6.45) is 1.68. The zero-order valence-electron chi connectivity index (χ0n) is 22.5. The van der Waals surface area contributed by atoms with Gasteiger partial charge in [0.15, 0.2) is 0 Å². The normalized spacial score (nSPS) is 14.9. The highest BCUT2D eigenvalue weighted by Crippen LogP contribution is 2.38. The van der Waals surface area contributed by atoms with E-state index in [2.05, 4.69) is 5.32 Å². The summed E-state index contributed by atoms with van der Waals surface area (Å²) in [6.45, 7) is 1.73. The van der Waals surface area contributed by atoms with E-state index in [4.69, 9.17) is 38.4 Å². The number of nitrogens with one attached hydrogen (secondary N) is 1. The number of carbonyl (C=O) groups is 2. The molecule has 8 nitrogen and oxygen atoms in total. The molecule has 0 fully saturated rings. The standard InChI is InChI=1S/C31H25Cl2N3O5S/c1-3-41-31(39)25-24(18-6-10-20(33)11-7-18)26(28(37)35-21-12-14-22(40-2)15-13-21)30-36(27(25)34)29(38)23(42-30)16-17-4-8-19(32)9-5-17/h4-16,24H,3,34H2,1-2H3,(H,35,37)/b23-16-. The number of hydrogen-bond donors (Lipinski definition) is 2. The van der Waals surface area contributed by atoms with E-state index in [1.807, 2.05) is 0 Å². The SMILES string of the molecule is CCOC(=O)C1=C(N)n2c(s/c(=C\c3ccc(Cl)cc3)c2=O)=C(C(=O)Nc2ccc(OC)cc2)C1c1ccc(Cl)cc1. The number of ether oxygens (including phenoxy) is 2. The molecule has 0 saturated carbocycles. The van der Waals surface area contributed by atoms with Crippen molar-refractivity contribution >= 4 is 69.6 Å². The molecule has 1 aromatic heterocycles. The summed E-state index contributed by atoms with van der Waals surface area (Å²) in [7, 11) is 1.55. The van der Waals surface area contributed by atoms with E-state index in [0.717, 1.165) is 16.9 Å². The molecule has 42 heavy (non-hydrogen) atoms. The summed E-state index contributed by atoms with van der Waals surface area (Å²) < 4.78 is 12.4. The second-order valence-electron chi connectivity index (χ2n) is 9.21. The van der Waals surface area contributed by atoms with Gasteiger partial charge in [0.05, 0.1) is 35.3 Å². The summed E-state index contributed by atoms with van der Waals surface area (Å²) in [5.74, 6) is -1.71. The Labute approximate surface area is 254 Å². The fraction of sp³-hybridized carbons (Fsp3) is 0.129. The van der Waals surface area contributed by atoms with Gasteiger partial charge in [0, 0.05) is 15.7 Å². The Hall–Kier alpha value is -4.31. The van der Waals surface area contributed by atoms with Gasteiger partial charge in [0.1, 0.15) is 16.2 Å². The molecule has 3 aromatic carbocycles. The number of fused-ring (bicyclic) bond motifs is 1. The van der Waals surface area contributed by atoms with Crippen molar-refractivity contribution in [1.82, 2.24) is 4.57 Å². The first-order valence-electron chi connectivity index (χ1n) is 12.8. The van der Waals surface area contributed by atoms with Crippen molar-refractivity contribution in [3.05, 3.63) is 119 Å². The maximum atomic E-state index is 14.1. The first-order valence-corrected chi connectivity index (χ1v) is 14.4. The average molecular weight is 623 g/mol. The molecule has 5 rings (SSSR count). The van der Waals surface area contributed by atoms with Crippen molar-refractivity contribution in [2.75, 3.05) is 19.0 Å². The van der Waals surface area contributed by atoms with Crippen LogP contribution in [-0.2, 0) is 14.3 Å². The molecule has 1 amide bonds. The summed E-state index contributed by atoms with van der Waals surface area (Å²) >= 11 is 13.3. The number of rotatable bonds is 7. The van der Waals surface area contributed by atoms with Crippen molar-refractivity contribution < 1.29 is 19.1 Å². The van der Waals surface area contributed by atoms with Gasteiger partial charge in [-0.25, -0.2) is 4.79 Å². The van der Waals surface area contributed by atoms with Crippen molar-refractivity contribution in [1.29, 1.82) is 0 Å². The minimum atomic E-state index is -0.957. The van der Waals surface area contributed by atoms with E-state index in [-0.39, 0.29) is 28.2 Å². The first-order chi connectivity index (χ1) is 20.2. The number of aromatic nitrogens is 1. The molecule has 1 unspecified atom stereocenters. The Balaban J connectivity index is 1.80. The Bertz CT molecular complexity index is 1880. The highest BCUT2D eigenvalue weighted by atomic mass is 35.5. The molecule has 0 bridgehead atoms. The highest BCUT2D eigenvalue weighted by molar-refractivity contribution is 7.07. The molecule has 1 aliphatic rings. The second kappa shape index (κ2) is 12.3. The van der Waals surface area contributed by atoms with Crippen LogP contribution in [0.4, 0.5) is 5.69 Å². The maximum Gasteiger partial charge on any atom is 0.338 e. The van der Waals surface area contributed by atoms with Crippen LogP contribution >= 0.6 is 34.5 Å². The van der Waals surface area contributed by atoms with E-state index >= 15 is 0 Å². The third kappa shape index (κ3) is 5.72. The Morgan fingerprint density at radius 3 is 2.19 bits per heavy atom. The van der Waals surface area contributed by atoms with Crippen molar-refractivity contribution in [3.63, 3.8) is 0 Å². The lowest BCUT2D eigenvalue weighted by atomic mass is 9.82. The molecule has 1 atom stereocenters. The van der Waals surface area contributed by atoms with E-state index in [0.29, 0.717) is 31.6 Å². The minimum absolute atomic E-state index is 0.0236. The quantitative estimate of drug-likeness (QED) is 0.297. The van der Waals surface area contributed by atoms with Crippen LogP contribution in [-0.4, -0.2) is 30.2 Å². The number of methoxy groups -OCH3 is 1. The maximum absolute atomic E-state index is 14.1. The predicted octanol–water partition coefficient (Wildman–Crippen LogP) is 4.33. The molecule has 3 N–H and O–H groups in total. The fourth-order valence-corrected chi connectivity index (χ4v) is 6.08. The molecule has 0 aliphatic carbocycles. The lowest BCUT2D eigenvalue weighted by molar-refractivity contribution is -0.138.